The zero-order valence-electron chi connectivity index (χ0n) is 14.0. The lowest BCUT2D eigenvalue weighted by Crippen LogP contribution is -2.34. The molecule has 2 aromatic carbocycles. The SMILES string of the molecule is CN(C1CCCc2ccccc21)S(=O)(=O)c1ccccc1OC(F)(F)F. The highest BCUT2D eigenvalue weighted by Crippen LogP contribution is 2.38. The number of hydrogen-bond donors (Lipinski definition) is 0. The lowest BCUT2D eigenvalue weighted by molar-refractivity contribution is -0.275. The molecule has 3 rings (SSSR count). The first-order valence-electron chi connectivity index (χ1n) is 8.11. The predicted octanol–water partition coefficient (Wildman–Crippen LogP) is 4.28. The molecule has 0 spiro atoms. The van der Waals surface area contributed by atoms with E-state index in [0.29, 0.717) is 6.42 Å². The van der Waals surface area contributed by atoms with E-state index in [1.54, 1.807) is 0 Å². The first-order valence-corrected chi connectivity index (χ1v) is 9.55. The zero-order chi connectivity index (χ0) is 18.9. The van der Waals surface area contributed by atoms with Gasteiger partial charge in [0, 0.05) is 13.1 Å². The molecule has 4 nitrogen and oxygen atoms in total. The number of fused-ring (bicyclic) bond motifs is 1. The Morgan fingerprint density at radius 1 is 1.08 bits per heavy atom. The molecule has 0 aromatic heterocycles. The number of sulfonamides is 1. The summed E-state index contributed by atoms with van der Waals surface area (Å²) in [6.45, 7) is 0. The van der Waals surface area contributed by atoms with Gasteiger partial charge in [-0.25, -0.2) is 8.42 Å². The zero-order valence-corrected chi connectivity index (χ0v) is 14.8. The molecule has 0 N–H and O–H groups in total. The van der Waals surface area contributed by atoms with Crippen molar-refractivity contribution in [1.29, 1.82) is 0 Å². The molecule has 1 unspecified atom stereocenters. The molecule has 0 aliphatic heterocycles. The minimum atomic E-state index is -4.97. The average Bonchev–Trinajstić information content (AvgIpc) is 2.59. The Kier molecular flexibility index (Phi) is 4.98. The van der Waals surface area contributed by atoms with Crippen LogP contribution in [0.5, 0.6) is 5.75 Å². The number of para-hydroxylation sites is 1. The topological polar surface area (TPSA) is 46.6 Å². The number of aryl methyl sites for hydroxylation is 1. The molecule has 2 aromatic rings. The van der Waals surface area contributed by atoms with Crippen molar-refractivity contribution in [2.75, 3.05) is 7.05 Å². The first kappa shape index (κ1) is 18.7. The van der Waals surface area contributed by atoms with Gasteiger partial charge in [0.05, 0.1) is 0 Å². The second kappa shape index (κ2) is 6.92. The number of benzene rings is 2. The summed E-state index contributed by atoms with van der Waals surface area (Å²) in [5.74, 6) is -0.726. The van der Waals surface area contributed by atoms with Gasteiger partial charge in [-0.2, -0.15) is 4.31 Å². The molecule has 1 atom stereocenters. The van der Waals surface area contributed by atoms with Crippen molar-refractivity contribution in [1.82, 2.24) is 4.31 Å². The summed E-state index contributed by atoms with van der Waals surface area (Å²) in [6.07, 6.45) is -2.70. The fourth-order valence-corrected chi connectivity index (χ4v) is 4.78. The lowest BCUT2D eigenvalue weighted by Gasteiger charge is -2.32. The van der Waals surface area contributed by atoms with Gasteiger partial charge in [-0.3, -0.25) is 0 Å². The number of ether oxygens (including phenoxy) is 1. The molecule has 26 heavy (non-hydrogen) atoms. The van der Waals surface area contributed by atoms with E-state index in [4.69, 9.17) is 0 Å². The van der Waals surface area contributed by atoms with Gasteiger partial charge in [0.1, 0.15) is 10.6 Å². The Morgan fingerprint density at radius 3 is 2.46 bits per heavy atom. The van der Waals surface area contributed by atoms with Crippen molar-refractivity contribution in [3.8, 4) is 5.75 Å². The van der Waals surface area contributed by atoms with Crippen LogP contribution in [0, 0.1) is 0 Å². The van der Waals surface area contributed by atoms with Crippen molar-refractivity contribution in [3.05, 3.63) is 59.7 Å². The molecule has 0 fully saturated rings. The average molecular weight is 385 g/mol. The standard InChI is InChI=1S/C18H18F3NO3S/c1-22(15-10-6-8-13-7-2-3-9-14(13)15)26(23,24)17-12-5-4-11-16(17)25-18(19,20)21/h2-5,7,9,11-12,15H,6,8,10H2,1H3. The molecule has 1 aliphatic rings. The molecule has 0 amide bonds. The van der Waals surface area contributed by atoms with Gasteiger partial charge in [0.2, 0.25) is 10.0 Å². The lowest BCUT2D eigenvalue weighted by atomic mass is 9.88. The van der Waals surface area contributed by atoms with Crippen LogP contribution in [0.2, 0.25) is 0 Å². The highest BCUT2D eigenvalue weighted by atomic mass is 32.2. The fraction of sp³-hybridized carbons (Fsp3) is 0.333. The number of alkyl halides is 3. The summed E-state index contributed by atoms with van der Waals surface area (Å²) < 4.78 is 69.0. The van der Waals surface area contributed by atoms with Crippen LogP contribution in [0.15, 0.2) is 53.4 Å². The molecule has 0 heterocycles. The quantitative estimate of drug-likeness (QED) is 0.789. The summed E-state index contributed by atoms with van der Waals surface area (Å²) in [4.78, 5) is -0.497. The molecule has 8 heteroatoms. The summed E-state index contributed by atoms with van der Waals surface area (Å²) >= 11 is 0. The highest BCUT2D eigenvalue weighted by molar-refractivity contribution is 7.89. The van der Waals surface area contributed by atoms with E-state index in [2.05, 4.69) is 4.74 Å². The van der Waals surface area contributed by atoms with E-state index in [-0.39, 0.29) is 0 Å². The Labute approximate surface area is 150 Å². The Bertz CT molecular complexity index is 897. The van der Waals surface area contributed by atoms with Crippen molar-refractivity contribution in [2.24, 2.45) is 0 Å². The van der Waals surface area contributed by atoms with Crippen molar-refractivity contribution in [3.63, 3.8) is 0 Å². The molecule has 0 bridgehead atoms. The van der Waals surface area contributed by atoms with Gasteiger partial charge in [0.15, 0.2) is 0 Å². The van der Waals surface area contributed by atoms with Crippen LogP contribution in [-0.2, 0) is 16.4 Å². The van der Waals surface area contributed by atoms with E-state index in [0.717, 1.165) is 40.4 Å². The van der Waals surface area contributed by atoms with Gasteiger partial charge >= 0.3 is 6.36 Å². The van der Waals surface area contributed by atoms with Gasteiger partial charge in [-0.15, -0.1) is 13.2 Å². The monoisotopic (exact) mass is 385 g/mol. The smallest absolute Gasteiger partial charge is 0.404 e. The second-order valence-corrected chi connectivity index (χ2v) is 8.09. The fourth-order valence-electron chi connectivity index (χ4n) is 3.30. The third-order valence-corrected chi connectivity index (χ3v) is 6.41. The number of rotatable bonds is 4. The summed E-state index contributed by atoms with van der Waals surface area (Å²) in [6, 6.07) is 11.9. The van der Waals surface area contributed by atoms with Gasteiger partial charge < -0.3 is 4.74 Å². The maximum atomic E-state index is 13.0. The van der Waals surface area contributed by atoms with E-state index in [9.17, 15) is 21.6 Å². The van der Waals surface area contributed by atoms with Crippen molar-refractivity contribution in [2.45, 2.75) is 36.6 Å². The van der Waals surface area contributed by atoms with Gasteiger partial charge in [-0.05, 0) is 42.5 Å². The van der Waals surface area contributed by atoms with Crippen molar-refractivity contribution < 1.29 is 26.3 Å². The molecule has 0 saturated carbocycles. The number of nitrogens with zero attached hydrogens (tertiary/aromatic N) is 1. The first-order chi connectivity index (χ1) is 12.2. The maximum absolute atomic E-state index is 13.0. The minimum absolute atomic E-state index is 0.427. The highest BCUT2D eigenvalue weighted by Gasteiger charge is 2.37. The number of hydrogen-bond acceptors (Lipinski definition) is 3. The largest absolute Gasteiger partial charge is 0.573 e. The van der Waals surface area contributed by atoms with Crippen LogP contribution in [0.4, 0.5) is 13.2 Å². The number of halogens is 3. The van der Waals surface area contributed by atoms with Crippen LogP contribution in [-0.4, -0.2) is 26.1 Å². The van der Waals surface area contributed by atoms with E-state index < -0.39 is 33.1 Å². The van der Waals surface area contributed by atoms with Gasteiger partial charge in [0.25, 0.3) is 0 Å². The van der Waals surface area contributed by atoms with E-state index in [1.807, 2.05) is 24.3 Å². The summed E-state index contributed by atoms with van der Waals surface area (Å²) in [7, 11) is -2.78. The summed E-state index contributed by atoms with van der Waals surface area (Å²) in [5, 5.41) is 0. The van der Waals surface area contributed by atoms with Crippen LogP contribution in [0.1, 0.15) is 30.0 Å². The predicted molar refractivity (Wildman–Crippen MR) is 90.2 cm³/mol. The molecule has 1 aliphatic carbocycles. The molecule has 0 radical (unpaired) electrons. The van der Waals surface area contributed by atoms with E-state index in [1.165, 1.54) is 19.2 Å². The van der Waals surface area contributed by atoms with Gasteiger partial charge in [-0.1, -0.05) is 36.4 Å². The van der Waals surface area contributed by atoms with E-state index >= 15 is 0 Å². The summed E-state index contributed by atoms with van der Waals surface area (Å²) in [5.41, 5.74) is 1.95. The Morgan fingerprint density at radius 2 is 1.73 bits per heavy atom. The molecule has 0 saturated heterocycles. The third-order valence-electron chi connectivity index (χ3n) is 4.51. The molecular weight excluding hydrogens is 367 g/mol. The third kappa shape index (κ3) is 3.71. The van der Waals surface area contributed by atoms with Crippen LogP contribution < -0.4 is 4.74 Å². The Hall–Kier alpha value is -2.06. The molecule has 140 valence electrons. The molecular formula is C18H18F3NO3S. The van der Waals surface area contributed by atoms with Crippen LogP contribution >= 0.6 is 0 Å². The van der Waals surface area contributed by atoms with Crippen LogP contribution in [0.3, 0.4) is 0 Å². The normalized spacial score (nSPS) is 17.8. The Balaban J connectivity index is 2.00. The second-order valence-electron chi connectivity index (χ2n) is 6.12. The minimum Gasteiger partial charge on any atom is -0.404 e. The maximum Gasteiger partial charge on any atom is 0.573 e. The van der Waals surface area contributed by atoms with Crippen LogP contribution in [0.25, 0.3) is 0 Å². The van der Waals surface area contributed by atoms with Crippen molar-refractivity contribution >= 4 is 10.0 Å².